The van der Waals surface area contributed by atoms with Crippen LogP contribution in [0.1, 0.15) is 65.0 Å². The Morgan fingerprint density at radius 2 is 1.81 bits per heavy atom. The first-order chi connectivity index (χ1) is 22.8. The molecule has 6 rings (SSSR count). The van der Waals surface area contributed by atoms with Crippen LogP contribution < -0.4 is 20.7 Å². The molecule has 3 aliphatic heterocycles. The molecule has 2 N–H and O–H groups in total. The maximum absolute atomic E-state index is 14.1. The standard InChI is InChI=1S/C37H51N7O3/c1-6-42-13-10-30-32(37(46)40-26(4)33(30)24-42)23-39-36(45)31-20-28(21-34(25(31)3)44(7-2)29-11-18-47-19-12-29)27-8-9-35(38-22-27)43-16-14-41(5)15-17-43/h8-9,20-22,29H,6-7,10-19,23-24H2,1-5H3,(H,39,45)(H,40,46). The number of nitrogens with one attached hydrogen (secondary N) is 2. The number of benzene rings is 1. The normalized spacial score (nSPS) is 17.9. The van der Waals surface area contributed by atoms with Gasteiger partial charge < -0.3 is 29.7 Å². The molecule has 0 spiro atoms. The highest BCUT2D eigenvalue weighted by Gasteiger charge is 2.26. The molecule has 1 amide bonds. The van der Waals surface area contributed by atoms with Crippen molar-refractivity contribution in [3.8, 4) is 11.1 Å². The summed E-state index contributed by atoms with van der Waals surface area (Å²) < 4.78 is 5.69. The van der Waals surface area contributed by atoms with E-state index in [1.165, 1.54) is 5.56 Å². The fourth-order valence-electron chi connectivity index (χ4n) is 7.48. The number of hydrogen-bond acceptors (Lipinski definition) is 8. The number of amides is 1. The van der Waals surface area contributed by atoms with Gasteiger partial charge in [-0.05, 0) is 100 Å². The number of ether oxygens (including phenoxy) is 1. The fourth-order valence-corrected chi connectivity index (χ4v) is 7.48. The molecule has 0 atom stereocenters. The Kier molecular flexibility index (Phi) is 10.3. The van der Waals surface area contributed by atoms with Gasteiger partial charge in [-0.15, -0.1) is 0 Å². The van der Waals surface area contributed by atoms with Crippen molar-refractivity contribution in [1.29, 1.82) is 0 Å². The molecule has 3 aromatic rings. The second kappa shape index (κ2) is 14.6. The number of carbonyl (C=O) groups is 1. The molecule has 10 heteroatoms. The largest absolute Gasteiger partial charge is 0.381 e. The number of pyridine rings is 2. The van der Waals surface area contributed by atoms with Crippen LogP contribution in [-0.2, 0) is 24.2 Å². The Balaban J connectivity index is 1.32. The Bertz CT molecular complexity index is 1620. The minimum absolute atomic E-state index is 0.110. The van der Waals surface area contributed by atoms with E-state index in [1.807, 2.05) is 26.1 Å². The topological polar surface area (TPSA) is 97.0 Å². The first-order valence-corrected chi connectivity index (χ1v) is 17.4. The summed E-state index contributed by atoms with van der Waals surface area (Å²) in [5, 5.41) is 3.15. The van der Waals surface area contributed by atoms with Crippen molar-refractivity contribution in [3.63, 3.8) is 0 Å². The Hall–Kier alpha value is -3.73. The second-order valence-corrected chi connectivity index (χ2v) is 13.3. The van der Waals surface area contributed by atoms with Crippen molar-refractivity contribution < 1.29 is 9.53 Å². The van der Waals surface area contributed by atoms with E-state index < -0.39 is 0 Å². The van der Waals surface area contributed by atoms with E-state index in [0.29, 0.717) is 17.2 Å². The van der Waals surface area contributed by atoms with E-state index in [4.69, 9.17) is 9.72 Å². The SMILES string of the molecule is CCN1CCc2c(c(C)[nH]c(=O)c2CNC(=O)c2cc(-c3ccc(N4CCN(C)CC4)nc3)cc(N(CC)C3CCOCC3)c2C)C1. The molecule has 47 heavy (non-hydrogen) atoms. The molecule has 0 aliphatic carbocycles. The molecule has 0 unspecified atom stereocenters. The van der Waals surface area contributed by atoms with Gasteiger partial charge in [-0.3, -0.25) is 14.5 Å². The highest BCUT2D eigenvalue weighted by molar-refractivity contribution is 5.99. The van der Waals surface area contributed by atoms with E-state index in [9.17, 15) is 9.59 Å². The van der Waals surface area contributed by atoms with Gasteiger partial charge in [-0.25, -0.2) is 4.98 Å². The van der Waals surface area contributed by atoms with Gasteiger partial charge in [0.05, 0.1) is 0 Å². The third-order valence-corrected chi connectivity index (χ3v) is 10.5. The smallest absolute Gasteiger partial charge is 0.253 e. The lowest BCUT2D eigenvalue weighted by atomic mass is 9.94. The first-order valence-electron chi connectivity index (χ1n) is 17.4. The van der Waals surface area contributed by atoms with E-state index in [1.54, 1.807) is 0 Å². The Morgan fingerprint density at radius 3 is 2.49 bits per heavy atom. The second-order valence-electron chi connectivity index (χ2n) is 13.3. The van der Waals surface area contributed by atoms with Gasteiger partial charge >= 0.3 is 0 Å². The molecule has 3 aliphatic rings. The van der Waals surface area contributed by atoms with Crippen LogP contribution in [0.4, 0.5) is 11.5 Å². The van der Waals surface area contributed by atoms with Gasteiger partial charge in [0.2, 0.25) is 0 Å². The Morgan fingerprint density at radius 1 is 1.04 bits per heavy atom. The van der Waals surface area contributed by atoms with Gasteiger partial charge in [0.1, 0.15) is 5.82 Å². The molecule has 10 nitrogen and oxygen atoms in total. The quantitative estimate of drug-likeness (QED) is 0.361. The summed E-state index contributed by atoms with van der Waals surface area (Å²) >= 11 is 0. The number of carbonyl (C=O) groups excluding carboxylic acids is 1. The maximum Gasteiger partial charge on any atom is 0.253 e. The summed E-state index contributed by atoms with van der Waals surface area (Å²) in [6.45, 7) is 17.6. The molecule has 2 aromatic heterocycles. The van der Waals surface area contributed by atoms with Gasteiger partial charge in [-0.1, -0.05) is 6.92 Å². The minimum atomic E-state index is -0.171. The van der Waals surface area contributed by atoms with Crippen LogP contribution in [-0.4, -0.2) is 97.8 Å². The van der Waals surface area contributed by atoms with Crippen molar-refractivity contribution in [2.24, 2.45) is 0 Å². The first kappa shape index (κ1) is 33.2. The lowest BCUT2D eigenvalue weighted by Gasteiger charge is -2.37. The molecule has 5 heterocycles. The molecule has 252 valence electrons. The van der Waals surface area contributed by atoms with Crippen molar-refractivity contribution in [1.82, 2.24) is 25.1 Å². The maximum atomic E-state index is 14.1. The molecular weight excluding hydrogens is 590 g/mol. The monoisotopic (exact) mass is 641 g/mol. The molecule has 0 radical (unpaired) electrons. The fraction of sp³-hybridized carbons (Fsp3) is 0.541. The third-order valence-electron chi connectivity index (χ3n) is 10.5. The van der Waals surface area contributed by atoms with E-state index in [-0.39, 0.29) is 18.0 Å². The van der Waals surface area contributed by atoms with Crippen molar-refractivity contribution >= 4 is 17.4 Å². The average molecular weight is 642 g/mol. The van der Waals surface area contributed by atoms with Crippen molar-refractivity contribution in [2.45, 2.75) is 66.1 Å². The van der Waals surface area contributed by atoms with Gasteiger partial charge in [-0.2, -0.15) is 0 Å². The van der Waals surface area contributed by atoms with E-state index >= 15 is 0 Å². The zero-order valence-corrected chi connectivity index (χ0v) is 28.8. The number of likely N-dealkylation sites (N-methyl/N-ethyl adjacent to an activating group) is 2. The molecular formula is C37H51N7O3. The summed E-state index contributed by atoms with van der Waals surface area (Å²) in [6.07, 6.45) is 4.66. The summed E-state index contributed by atoms with van der Waals surface area (Å²) in [5.41, 5.74) is 8.33. The lowest BCUT2D eigenvalue weighted by molar-refractivity contribution is 0.0846. The Labute approximate surface area is 279 Å². The number of aromatic nitrogens is 2. The number of aromatic amines is 1. The van der Waals surface area contributed by atoms with Crippen LogP contribution in [0, 0.1) is 13.8 Å². The third kappa shape index (κ3) is 7.10. The van der Waals surface area contributed by atoms with Crippen LogP contribution in [0.3, 0.4) is 0 Å². The molecule has 2 fully saturated rings. The van der Waals surface area contributed by atoms with Gasteiger partial charge in [0, 0.05) is 106 Å². The average Bonchev–Trinajstić information content (AvgIpc) is 3.10. The highest BCUT2D eigenvalue weighted by atomic mass is 16.5. The van der Waals surface area contributed by atoms with Crippen molar-refractivity contribution in [2.75, 3.05) is 75.9 Å². The number of nitrogens with zero attached hydrogens (tertiary/aromatic N) is 5. The number of hydrogen-bond donors (Lipinski definition) is 2. The van der Waals surface area contributed by atoms with Crippen LogP contribution in [0.5, 0.6) is 0 Å². The number of H-pyrrole nitrogens is 1. The lowest BCUT2D eigenvalue weighted by Crippen LogP contribution is -2.44. The highest BCUT2D eigenvalue weighted by Crippen LogP contribution is 2.34. The summed E-state index contributed by atoms with van der Waals surface area (Å²) in [5.74, 6) is 0.814. The summed E-state index contributed by atoms with van der Waals surface area (Å²) in [6, 6.07) is 8.78. The minimum Gasteiger partial charge on any atom is -0.381 e. The van der Waals surface area contributed by atoms with Gasteiger partial charge in [0.15, 0.2) is 0 Å². The van der Waals surface area contributed by atoms with E-state index in [2.05, 4.69) is 69.0 Å². The number of fused-ring (bicyclic) bond motifs is 1. The summed E-state index contributed by atoms with van der Waals surface area (Å²) in [4.78, 5) is 44.7. The predicted molar refractivity (Wildman–Crippen MR) is 189 cm³/mol. The predicted octanol–water partition coefficient (Wildman–Crippen LogP) is 4.12. The van der Waals surface area contributed by atoms with Crippen molar-refractivity contribution in [3.05, 3.63) is 74.3 Å². The molecule has 2 saturated heterocycles. The molecule has 1 aromatic carbocycles. The van der Waals surface area contributed by atoms with Crippen LogP contribution in [0.25, 0.3) is 11.1 Å². The zero-order chi connectivity index (χ0) is 33.1. The molecule has 0 saturated carbocycles. The summed E-state index contributed by atoms with van der Waals surface area (Å²) in [7, 11) is 2.16. The van der Waals surface area contributed by atoms with Crippen LogP contribution in [0.2, 0.25) is 0 Å². The van der Waals surface area contributed by atoms with Crippen LogP contribution in [0.15, 0.2) is 35.3 Å². The number of aryl methyl sites for hydroxylation is 1. The molecule has 0 bridgehead atoms. The number of anilines is 2. The number of piperazine rings is 1. The van der Waals surface area contributed by atoms with Crippen LogP contribution >= 0.6 is 0 Å². The van der Waals surface area contributed by atoms with E-state index in [0.717, 1.165) is 124 Å². The number of rotatable bonds is 9. The zero-order valence-electron chi connectivity index (χ0n) is 28.8. The van der Waals surface area contributed by atoms with Gasteiger partial charge in [0.25, 0.3) is 11.5 Å².